The molecule has 0 saturated carbocycles. The van der Waals surface area contributed by atoms with Gasteiger partial charge in [0.05, 0.1) is 25.0 Å². The third kappa shape index (κ3) is 4.10. The van der Waals surface area contributed by atoms with Crippen LogP contribution in [0.25, 0.3) is 0 Å². The summed E-state index contributed by atoms with van der Waals surface area (Å²) in [5, 5.41) is 8.94. The second-order valence-electron chi connectivity index (χ2n) is 7.19. The van der Waals surface area contributed by atoms with Crippen LogP contribution < -0.4 is 15.4 Å². The van der Waals surface area contributed by atoms with E-state index in [9.17, 15) is 26.7 Å². The minimum atomic E-state index is -4.62. The number of ether oxygens (including phenoxy) is 1. The van der Waals surface area contributed by atoms with Gasteiger partial charge in [0.1, 0.15) is 28.8 Å². The normalized spacial score (nSPS) is 17.9. The number of fused-ring (bicyclic) bond motifs is 1. The van der Waals surface area contributed by atoms with Crippen LogP contribution in [-0.4, -0.2) is 29.0 Å². The molecule has 168 valence electrons. The van der Waals surface area contributed by atoms with Gasteiger partial charge in [-0.2, -0.15) is 18.3 Å². The lowest BCUT2D eigenvalue weighted by Gasteiger charge is -2.34. The Hall–Kier alpha value is -3.63. The van der Waals surface area contributed by atoms with Gasteiger partial charge in [0, 0.05) is 12.5 Å². The van der Waals surface area contributed by atoms with Crippen molar-refractivity contribution in [1.82, 2.24) is 9.78 Å². The Kier molecular flexibility index (Phi) is 5.49. The SMILES string of the molecule is COc1ccc([C@@H]2C[C@@H](C(F)(F)F)n3ncc(C(=O)Nc4ccc(F)cc4F)c3N2)cc1. The van der Waals surface area contributed by atoms with E-state index >= 15 is 0 Å². The Morgan fingerprint density at radius 2 is 1.91 bits per heavy atom. The highest BCUT2D eigenvalue weighted by Gasteiger charge is 2.47. The molecule has 4 rings (SSSR count). The van der Waals surface area contributed by atoms with Crippen LogP contribution in [0.2, 0.25) is 0 Å². The zero-order valence-corrected chi connectivity index (χ0v) is 16.6. The summed E-state index contributed by atoms with van der Waals surface area (Å²) in [5.74, 6) is -2.35. The van der Waals surface area contributed by atoms with Crippen molar-refractivity contribution >= 4 is 17.4 Å². The number of rotatable bonds is 4. The highest BCUT2D eigenvalue weighted by Crippen LogP contribution is 2.44. The van der Waals surface area contributed by atoms with E-state index in [2.05, 4.69) is 15.7 Å². The molecule has 1 amide bonds. The van der Waals surface area contributed by atoms with Gasteiger partial charge in [0.15, 0.2) is 6.04 Å². The Morgan fingerprint density at radius 1 is 1.19 bits per heavy atom. The van der Waals surface area contributed by atoms with Crippen molar-refractivity contribution in [3.63, 3.8) is 0 Å². The minimum Gasteiger partial charge on any atom is -0.497 e. The first-order valence-corrected chi connectivity index (χ1v) is 9.48. The number of hydrogen-bond donors (Lipinski definition) is 2. The molecule has 32 heavy (non-hydrogen) atoms. The van der Waals surface area contributed by atoms with Gasteiger partial charge in [-0.3, -0.25) is 4.79 Å². The molecule has 0 bridgehead atoms. The Morgan fingerprint density at radius 3 is 2.53 bits per heavy atom. The molecule has 0 spiro atoms. The lowest BCUT2D eigenvalue weighted by Crippen LogP contribution is -2.36. The summed E-state index contributed by atoms with van der Waals surface area (Å²) in [6.45, 7) is 0. The van der Waals surface area contributed by atoms with E-state index in [1.807, 2.05) is 0 Å². The molecule has 0 fully saturated rings. The van der Waals surface area contributed by atoms with Gasteiger partial charge in [-0.15, -0.1) is 0 Å². The van der Waals surface area contributed by atoms with Crippen LogP contribution in [0, 0.1) is 11.6 Å². The van der Waals surface area contributed by atoms with Gasteiger partial charge < -0.3 is 15.4 Å². The quantitative estimate of drug-likeness (QED) is 0.542. The van der Waals surface area contributed by atoms with Gasteiger partial charge in [-0.1, -0.05) is 12.1 Å². The first-order valence-electron chi connectivity index (χ1n) is 9.48. The predicted octanol–water partition coefficient (Wildman–Crippen LogP) is 5.08. The van der Waals surface area contributed by atoms with Crippen LogP contribution in [-0.2, 0) is 0 Å². The number of amides is 1. The highest BCUT2D eigenvalue weighted by atomic mass is 19.4. The molecule has 11 heteroatoms. The zero-order valence-electron chi connectivity index (χ0n) is 16.6. The van der Waals surface area contributed by atoms with E-state index in [0.717, 1.165) is 18.3 Å². The number of alkyl halides is 3. The molecule has 2 heterocycles. The third-order valence-corrected chi connectivity index (χ3v) is 5.18. The zero-order chi connectivity index (χ0) is 23.0. The predicted molar refractivity (Wildman–Crippen MR) is 106 cm³/mol. The van der Waals surface area contributed by atoms with Crippen molar-refractivity contribution in [2.24, 2.45) is 0 Å². The average Bonchev–Trinajstić information content (AvgIpc) is 3.18. The fourth-order valence-corrected chi connectivity index (χ4v) is 3.56. The molecule has 0 radical (unpaired) electrons. The van der Waals surface area contributed by atoms with E-state index in [1.54, 1.807) is 24.3 Å². The molecule has 2 atom stereocenters. The summed E-state index contributed by atoms with van der Waals surface area (Å²) in [6.07, 6.45) is -3.99. The fourth-order valence-electron chi connectivity index (χ4n) is 3.56. The number of carbonyl (C=O) groups excluding carboxylic acids is 1. The number of benzene rings is 2. The molecule has 0 unspecified atom stereocenters. The molecular weight excluding hydrogens is 435 g/mol. The Balaban J connectivity index is 1.68. The molecule has 3 aromatic rings. The second kappa shape index (κ2) is 8.13. The molecular formula is C21H17F5N4O2. The van der Waals surface area contributed by atoms with E-state index in [-0.39, 0.29) is 23.5 Å². The van der Waals surface area contributed by atoms with E-state index in [1.165, 1.54) is 7.11 Å². The van der Waals surface area contributed by atoms with Crippen molar-refractivity contribution in [2.75, 3.05) is 17.7 Å². The van der Waals surface area contributed by atoms with Gasteiger partial charge in [0.25, 0.3) is 5.91 Å². The fraction of sp³-hybridized carbons (Fsp3) is 0.238. The van der Waals surface area contributed by atoms with E-state index in [4.69, 9.17) is 4.74 Å². The molecule has 6 nitrogen and oxygen atoms in total. The van der Waals surface area contributed by atoms with Crippen LogP contribution in [0.3, 0.4) is 0 Å². The number of halogens is 5. The molecule has 1 aromatic heterocycles. The van der Waals surface area contributed by atoms with E-state index in [0.29, 0.717) is 22.1 Å². The summed E-state index contributed by atoms with van der Waals surface area (Å²) in [4.78, 5) is 12.7. The minimum absolute atomic E-state index is 0.153. The molecule has 1 aliphatic rings. The molecule has 2 N–H and O–H groups in total. The number of carbonyl (C=O) groups is 1. The Labute approximate surface area is 179 Å². The van der Waals surface area contributed by atoms with Crippen LogP contribution in [0.5, 0.6) is 5.75 Å². The maximum absolute atomic E-state index is 13.9. The number of nitrogens with one attached hydrogen (secondary N) is 2. The number of nitrogens with zero attached hydrogens (tertiary/aromatic N) is 2. The maximum atomic E-state index is 13.9. The van der Waals surface area contributed by atoms with Crippen molar-refractivity contribution in [3.8, 4) is 5.75 Å². The Bertz CT molecular complexity index is 1140. The van der Waals surface area contributed by atoms with Crippen LogP contribution in [0.1, 0.15) is 34.4 Å². The molecule has 2 aromatic carbocycles. The van der Waals surface area contributed by atoms with Gasteiger partial charge >= 0.3 is 6.18 Å². The lowest BCUT2D eigenvalue weighted by atomic mass is 9.96. The van der Waals surface area contributed by atoms with Crippen molar-refractivity contribution < 1.29 is 31.5 Å². The van der Waals surface area contributed by atoms with Crippen LogP contribution in [0.15, 0.2) is 48.7 Å². The summed E-state index contributed by atoms with van der Waals surface area (Å²) < 4.78 is 74.1. The summed E-state index contributed by atoms with van der Waals surface area (Å²) in [5.41, 5.74) is 0.0378. The smallest absolute Gasteiger partial charge is 0.410 e. The topological polar surface area (TPSA) is 68.2 Å². The van der Waals surface area contributed by atoms with E-state index < -0.39 is 35.8 Å². The van der Waals surface area contributed by atoms with Gasteiger partial charge in [-0.25, -0.2) is 13.5 Å². The monoisotopic (exact) mass is 452 g/mol. The molecule has 1 aliphatic heterocycles. The number of hydrogen-bond acceptors (Lipinski definition) is 4. The summed E-state index contributed by atoms with van der Waals surface area (Å²) in [6, 6.07) is 6.30. The molecule has 0 saturated heterocycles. The van der Waals surface area contributed by atoms with Crippen molar-refractivity contribution in [3.05, 3.63) is 71.4 Å². The number of aromatic nitrogens is 2. The number of methoxy groups -OCH3 is 1. The molecule has 0 aliphatic carbocycles. The third-order valence-electron chi connectivity index (χ3n) is 5.18. The average molecular weight is 452 g/mol. The lowest BCUT2D eigenvalue weighted by molar-refractivity contribution is -0.173. The maximum Gasteiger partial charge on any atom is 0.410 e. The standard InChI is InChI=1S/C21H17F5N4O2/c1-32-13-5-2-11(3-6-13)17-9-18(21(24,25)26)30-19(28-17)14(10-27-30)20(31)29-16-7-4-12(22)8-15(16)23/h2-8,10,17-18,28H,9H2,1H3,(H,29,31)/t17-,18-/m0/s1. The van der Waals surface area contributed by atoms with Gasteiger partial charge in [-0.05, 0) is 29.8 Å². The first-order chi connectivity index (χ1) is 15.2. The van der Waals surface area contributed by atoms with Gasteiger partial charge in [0.2, 0.25) is 0 Å². The summed E-state index contributed by atoms with van der Waals surface area (Å²) in [7, 11) is 1.47. The van der Waals surface area contributed by atoms with Crippen molar-refractivity contribution in [2.45, 2.75) is 24.7 Å². The largest absolute Gasteiger partial charge is 0.497 e. The highest BCUT2D eigenvalue weighted by molar-refractivity contribution is 6.07. The first kappa shape index (κ1) is 21.6. The van der Waals surface area contributed by atoms with Crippen molar-refractivity contribution in [1.29, 1.82) is 0 Å². The number of anilines is 2. The van der Waals surface area contributed by atoms with Crippen LogP contribution in [0.4, 0.5) is 33.5 Å². The summed E-state index contributed by atoms with van der Waals surface area (Å²) >= 11 is 0. The van der Waals surface area contributed by atoms with Crippen LogP contribution >= 0.6 is 0 Å². The second-order valence-corrected chi connectivity index (χ2v) is 7.19.